The predicted molar refractivity (Wildman–Crippen MR) is 85.2 cm³/mol. The van der Waals surface area contributed by atoms with E-state index in [4.69, 9.17) is 9.47 Å². The molecule has 0 heterocycles. The van der Waals surface area contributed by atoms with Crippen LogP contribution in [0.15, 0.2) is 28.7 Å². The SMILES string of the molecule is COCCNCC(COCC1CC1)c1cccc(Br)c1. The molecule has 1 aliphatic carbocycles. The molecule has 1 unspecified atom stereocenters. The fraction of sp³-hybridized carbons (Fsp3) is 0.625. The van der Waals surface area contributed by atoms with E-state index in [0.29, 0.717) is 5.92 Å². The second-order valence-electron chi connectivity index (χ2n) is 5.43. The Labute approximate surface area is 130 Å². The van der Waals surface area contributed by atoms with Crippen molar-refractivity contribution in [3.05, 3.63) is 34.3 Å². The van der Waals surface area contributed by atoms with E-state index in [0.717, 1.165) is 43.3 Å². The van der Waals surface area contributed by atoms with Crippen molar-refractivity contribution in [1.82, 2.24) is 5.32 Å². The van der Waals surface area contributed by atoms with E-state index in [1.807, 2.05) is 0 Å². The topological polar surface area (TPSA) is 30.5 Å². The molecule has 4 heteroatoms. The lowest BCUT2D eigenvalue weighted by Crippen LogP contribution is -2.27. The number of halogens is 1. The number of nitrogens with one attached hydrogen (secondary N) is 1. The Bertz CT molecular complexity index is 396. The van der Waals surface area contributed by atoms with Gasteiger partial charge in [0.2, 0.25) is 0 Å². The molecule has 1 aromatic rings. The molecule has 1 atom stereocenters. The largest absolute Gasteiger partial charge is 0.383 e. The van der Waals surface area contributed by atoms with E-state index in [-0.39, 0.29) is 0 Å². The van der Waals surface area contributed by atoms with Gasteiger partial charge in [0.1, 0.15) is 0 Å². The van der Waals surface area contributed by atoms with E-state index >= 15 is 0 Å². The van der Waals surface area contributed by atoms with Crippen molar-refractivity contribution in [2.75, 3.05) is 40.0 Å². The van der Waals surface area contributed by atoms with Gasteiger partial charge < -0.3 is 14.8 Å². The van der Waals surface area contributed by atoms with Crippen molar-refractivity contribution in [3.63, 3.8) is 0 Å². The molecule has 2 rings (SSSR count). The highest BCUT2D eigenvalue weighted by atomic mass is 79.9. The normalized spacial score (nSPS) is 16.3. The monoisotopic (exact) mass is 341 g/mol. The molecule has 0 radical (unpaired) electrons. The molecule has 112 valence electrons. The Balaban J connectivity index is 1.83. The van der Waals surface area contributed by atoms with Crippen molar-refractivity contribution in [1.29, 1.82) is 0 Å². The molecular formula is C16H24BrNO2. The van der Waals surface area contributed by atoms with Gasteiger partial charge in [0.05, 0.1) is 13.2 Å². The van der Waals surface area contributed by atoms with E-state index < -0.39 is 0 Å². The van der Waals surface area contributed by atoms with Gasteiger partial charge in [-0.25, -0.2) is 0 Å². The first-order valence-corrected chi connectivity index (χ1v) is 8.11. The first-order chi connectivity index (χ1) is 9.79. The lowest BCUT2D eigenvalue weighted by atomic mass is 10.00. The molecule has 1 aliphatic rings. The molecule has 20 heavy (non-hydrogen) atoms. The van der Waals surface area contributed by atoms with Crippen LogP contribution in [0, 0.1) is 5.92 Å². The lowest BCUT2D eigenvalue weighted by Gasteiger charge is -2.18. The van der Waals surface area contributed by atoms with Crippen molar-refractivity contribution >= 4 is 15.9 Å². The zero-order chi connectivity index (χ0) is 14.2. The number of methoxy groups -OCH3 is 1. The molecule has 3 nitrogen and oxygen atoms in total. The zero-order valence-corrected chi connectivity index (χ0v) is 13.7. The lowest BCUT2D eigenvalue weighted by molar-refractivity contribution is 0.109. The third-order valence-electron chi connectivity index (χ3n) is 3.56. The number of ether oxygens (including phenoxy) is 2. The second kappa shape index (κ2) is 8.78. The van der Waals surface area contributed by atoms with Crippen LogP contribution >= 0.6 is 15.9 Å². The zero-order valence-electron chi connectivity index (χ0n) is 12.1. The van der Waals surface area contributed by atoms with E-state index in [2.05, 4.69) is 45.5 Å². The van der Waals surface area contributed by atoms with Gasteiger partial charge in [-0.2, -0.15) is 0 Å². The molecule has 1 N–H and O–H groups in total. The van der Waals surface area contributed by atoms with Crippen molar-refractivity contribution in [2.45, 2.75) is 18.8 Å². The molecule has 0 aromatic heterocycles. The second-order valence-corrected chi connectivity index (χ2v) is 6.35. The van der Waals surface area contributed by atoms with Crippen molar-refractivity contribution in [3.8, 4) is 0 Å². The summed E-state index contributed by atoms with van der Waals surface area (Å²) in [6, 6.07) is 8.50. The van der Waals surface area contributed by atoms with Crippen LogP contribution in [-0.2, 0) is 9.47 Å². The predicted octanol–water partition coefficient (Wildman–Crippen LogP) is 3.20. The van der Waals surface area contributed by atoms with Gasteiger partial charge in [-0.05, 0) is 36.5 Å². The highest BCUT2D eigenvalue weighted by molar-refractivity contribution is 9.10. The van der Waals surface area contributed by atoms with Crippen LogP contribution in [0.5, 0.6) is 0 Å². The van der Waals surface area contributed by atoms with Crippen LogP contribution < -0.4 is 5.32 Å². The number of rotatable bonds is 10. The molecule has 0 saturated heterocycles. The summed E-state index contributed by atoms with van der Waals surface area (Å²) in [6.45, 7) is 4.25. The fourth-order valence-corrected chi connectivity index (χ4v) is 2.56. The molecule has 0 amide bonds. The molecule has 1 saturated carbocycles. The van der Waals surface area contributed by atoms with Crippen LogP contribution in [0.4, 0.5) is 0 Å². The molecule has 1 fully saturated rings. The van der Waals surface area contributed by atoms with Crippen LogP contribution in [0.2, 0.25) is 0 Å². The molecule has 0 spiro atoms. The maximum absolute atomic E-state index is 5.88. The average molecular weight is 342 g/mol. The third kappa shape index (κ3) is 5.92. The Morgan fingerprint density at radius 1 is 1.40 bits per heavy atom. The van der Waals surface area contributed by atoms with Crippen molar-refractivity contribution in [2.24, 2.45) is 5.92 Å². The summed E-state index contributed by atoms with van der Waals surface area (Å²) in [4.78, 5) is 0. The Morgan fingerprint density at radius 3 is 2.95 bits per heavy atom. The average Bonchev–Trinajstić information content (AvgIpc) is 3.25. The number of hydrogen-bond acceptors (Lipinski definition) is 3. The van der Waals surface area contributed by atoms with Gasteiger partial charge in [-0.1, -0.05) is 28.1 Å². The summed E-state index contributed by atoms with van der Waals surface area (Å²) < 4.78 is 12.1. The van der Waals surface area contributed by atoms with Crippen LogP contribution in [-0.4, -0.2) is 40.0 Å². The number of hydrogen-bond donors (Lipinski definition) is 1. The third-order valence-corrected chi connectivity index (χ3v) is 4.06. The highest BCUT2D eigenvalue weighted by Gasteiger charge is 2.22. The highest BCUT2D eigenvalue weighted by Crippen LogP contribution is 2.29. The molecular weight excluding hydrogens is 318 g/mol. The van der Waals surface area contributed by atoms with Gasteiger partial charge in [-0.15, -0.1) is 0 Å². The van der Waals surface area contributed by atoms with Gasteiger partial charge in [0.25, 0.3) is 0 Å². The van der Waals surface area contributed by atoms with Gasteiger partial charge >= 0.3 is 0 Å². The summed E-state index contributed by atoms with van der Waals surface area (Å²) >= 11 is 3.54. The van der Waals surface area contributed by atoms with Crippen LogP contribution in [0.25, 0.3) is 0 Å². The fourth-order valence-electron chi connectivity index (χ4n) is 2.15. The first kappa shape index (κ1) is 16.0. The van der Waals surface area contributed by atoms with Gasteiger partial charge in [-0.3, -0.25) is 0 Å². The van der Waals surface area contributed by atoms with Crippen LogP contribution in [0.3, 0.4) is 0 Å². The van der Waals surface area contributed by atoms with E-state index in [1.54, 1.807) is 7.11 Å². The van der Waals surface area contributed by atoms with Gasteiger partial charge in [0, 0.05) is 37.2 Å². The summed E-state index contributed by atoms with van der Waals surface area (Å²) in [7, 11) is 1.73. The standard InChI is InChI=1S/C16H24BrNO2/c1-19-8-7-18-10-15(12-20-11-13-5-6-13)14-3-2-4-16(17)9-14/h2-4,9,13,15,18H,5-8,10-12H2,1H3. The summed E-state index contributed by atoms with van der Waals surface area (Å²) in [6.07, 6.45) is 2.68. The molecule has 0 aliphatic heterocycles. The summed E-state index contributed by atoms with van der Waals surface area (Å²) in [5, 5.41) is 3.44. The minimum Gasteiger partial charge on any atom is -0.383 e. The minimum atomic E-state index is 0.392. The van der Waals surface area contributed by atoms with Gasteiger partial charge in [0.15, 0.2) is 0 Å². The first-order valence-electron chi connectivity index (χ1n) is 7.32. The maximum Gasteiger partial charge on any atom is 0.0587 e. The maximum atomic E-state index is 5.88. The summed E-state index contributed by atoms with van der Waals surface area (Å²) in [5.74, 6) is 1.21. The summed E-state index contributed by atoms with van der Waals surface area (Å²) in [5.41, 5.74) is 1.32. The molecule has 0 bridgehead atoms. The Morgan fingerprint density at radius 2 is 2.25 bits per heavy atom. The number of benzene rings is 1. The Hall–Kier alpha value is -0.420. The van der Waals surface area contributed by atoms with E-state index in [9.17, 15) is 0 Å². The Kier molecular flexibility index (Phi) is 7.00. The molecule has 1 aromatic carbocycles. The van der Waals surface area contributed by atoms with Crippen LogP contribution in [0.1, 0.15) is 24.3 Å². The smallest absolute Gasteiger partial charge is 0.0587 e. The minimum absolute atomic E-state index is 0.392. The van der Waals surface area contributed by atoms with E-state index in [1.165, 1.54) is 18.4 Å². The quantitative estimate of drug-likeness (QED) is 0.663. The van der Waals surface area contributed by atoms with Crippen molar-refractivity contribution < 1.29 is 9.47 Å².